The van der Waals surface area contributed by atoms with Crippen LogP contribution in [0.4, 0.5) is 0 Å². The molecule has 1 aromatic carbocycles. The summed E-state index contributed by atoms with van der Waals surface area (Å²) in [5.41, 5.74) is 6.39. The Hall–Kier alpha value is -1.13. The number of hydrogen-bond donors (Lipinski definition) is 1. The highest BCUT2D eigenvalue weighted by Crippen LogP contribution is 2.17. The molecular weight excluding hydrogens is 222 g/mol. The zero-order valence-electron chi connectivity index (χ0n) is 9.02. The Morgan fingerprint density at radius 1 is 1.56 bits per heavy atom. The molecular formula is C12H15NO2S. The summed E-state index contributed by atoms with van der Waals surface area (Å²) in [6.07, 6.45) is 2.43. The largest absolute Gasteiger partial charge is 0.491 e. The molecule has 1 aliphatic heterocycles. The Kier molecular flexibility index (Phi) is 3.74. The van der Waals surface area contributed by atoms with Crippen molar-refractivity contribution < 1.29 is 9.47 Å². The summed E-state index contributed by atoms with van der Waals surface area (Å²) in [4.78, 5) is 0.391. The van der Waals surface area contributed by atoms with Gasteiger partial charge in [-0.25, -0.2) is 0 Å². The van der Waals surface area contributed by atoms with Gasteiger partial charge in [0.15, 0.2) is 0 Å². The molecule has 2 N–H and O–H groups in total. The van der Waals surface area contributed by atoms with Crippen LogP contribution in [0.5, 0.6) is 5.75 Å². The molecule has 1 heterocycles. The summed E-state index contributed by atoms with van der Waals surface area (Å²) < 4.78 is 11.1. The van der Waals surface area contributed by atoms with Crippen LogP contribution in [0.2, 0.25) is 0 Å². The van der Waals surface area contributed by atoms with Crippen molar-refractivity contribution in [1.82, 2.24) is 0 Å². The van der Waals surface area contributed by atoms with E-state index in [0.29, 0.717) is 11.6 Å². The maximum absolute atomic E-state index is 5.64. The third-order valence-corrected chi connectivity index (χ3v) is 2.81. The molecule has 1 unspecified atom stereocenters. The molecule has 1 atom stereocenters. The molecule has 0 bridgehead atoms. The molecule has 1 saturated heterocycles. The average molecular weight is 237 g/mol. The molecule has 1 aliphatic rings. The Morgan fingerprint density at radius 2 is 2.44 bits per heavy atom. The third kappa shape index (κ3) is 2.93. The molecule has 2 rings (SSSR count). The second kappa shape index (κ2) is 5.27. The topological polar surface area (TPSA) is 44.5 Å². The Morgan fingerprint density at radius 3 is 3.12 bits per heavy atom. The summed E-state index contributed by atoms with van der Waals surface area (Å²) in [6.45, 7) is 1.45. The first-order valence-electron chi connectivity index (χ1n) is 5.40. The fourth-order valence-corrected chi connectivity index (χ4v) is 1.83. The van der Waals surface area contributed by atoms with Crippen LogP contribution in [-0.2, 0) is 4.74 Å². The van der Waals surface area contributed by atoms with Crippen LogP contribution in [0.1, 0.15) is 18.4 Å². The first-order chi connectivity index (χ1) is 7.75. The van der Waals surface area contributed by atoms with Crippen LogP contribution in [0.3, 0.4) is 0 Å². The molecule has 0 spiro atoms. The van der Waals surface area contributed by atoms with Gasteiger partial charge < -0.3 is 15.2 Å². The maximum atomic E-state index is 5.64. The zero-order valence-corrected chi connectivity index (χ0v) is 9.83. The van der Waals surface area contributed by atoms with Gasteiger partial charge in [0.25, 0.3) is 0 Å². The molecule has 3 nitrogen and oxygen atoms in total. The minimum Gasteiger partial charge on any atom is -0.491 e. The second-order valence-electron chi connectivity index (χ2n) is 3.84. The molecule has 16 heavy (non-hydrogen) atoms. The van der Waals surface area contributed by atoms with Crippen molar-refractivity contribution in [3.8, 4) is 5.75 Å². The summed E-state index contributed by atoms with van der Waals surface area (Å²) in [5, 5.41) is 0. The van der Waals surface area contributed by atoms with E-state index in [9.17, 15) is 0 Å². The van der Waals surface area contributed by atoms with E-state index in [1.165, 1.54) is 0 Å². The number of nitrogens with two attached hydrogens (primary N) is 1. The quantitative estimate of drug-likeness (QED) is 0.812. The Labute approximate surface area is 101 Å². The van der Waals surface area contributed by atoms with Gasteiger partial charge in [-0.1, -0.05) is 24.4 Å². The van der Waals surface area contributed by atoms with Gasteiger partial charge in [0.2, 0.25) is 0 Å². The number of ether oxygens (including phenoxy) is 2. The fraction of sp³-hybridized carbons (Fsp3) is 0.417. The molecule has 4 heteroatoms. The van der Waals surface area contributed by atoms with Gasteiger partial charge in [0.05, 0.1) is 6.10 Å². The zero-order chi connectivity index (χ0) is 11.4. The minimum atomic E-state index is 0.230. The van der Waals surface area contributed by atoms with E-state index >= 15 is 0 Å². The monoisotopic (exact) mass is 237 g/mol. The van der Waals surface area contributed by atoms with E-state index in [-0.39, 0.29) is 6.10 Å². The first-order valence-corrected chi connectivity index (χ1v) is 5.81. The van der Waals surface area contributed by atoms with E-state index < -0.39 is 0 Å². The lowest BCUT2D eigenvalue weighted by atomic mass is 10.2. The smallest absolute Gasteiger partial charge is 0.120 e. The molecule has 1 aromatic rings. The van der Waals surface area contributed by atoms with E-state index in [0.717, 1.165) is 30.8 Å². The number of hydrogen-bond acceptors (Lipinski definition) is 3. The summed E-state index contributed by atoms with van der Waals surface area (Å²) in [6, 6.07) is 7.52. The highest BCUT2D eigenvalue weighted by atomic mass is 32.1. The van der Waals surface area contributed by atoms with Gasteiger partial charge in [0.1, 0.15) is 17.3 Å². The van der Waals surface area contributed by atoms with Gasteiger partial charge in [0, 0.05) is 12.2 Å². The molecule has 0 amide bonds. The standard InChI is InChI=1S/C12H15NO2S/c13-12(16)9-3-1-4-10(7-9)15-8-11-5-2-6-14-11/h1,3-4,7,11H,2,5-6,8H2,(H2,13,16). The van der Waals surface area contributed by atoms with Crippen molar-refractivity contribution in [2.45, 2.75) is 18.9 Å². The van der Waals surface area contributed by atoms with Crippen LogP contribution < -0.4 is 10.5 Å². The number of benzene rings is 1. The predicted octanol–water partition coefficient (Wildman–Crippen LogP) is 1.88. The average Bonchev–Trinajstić information content (AvgIpc) is 2.79. The summed E-state index contributed by atoms with van der Waals surface area (Å²) in [7, 11) is 0. The van der Waals surface area contributed by atoms with E-state index in [1.807, 2.05) is 24.3 Å². The normalized spacial score (nSPS) is 19.6. The summed E-state index contributed by atoms with van der Waals surface area (Å²) >= 11 is 4.91. The van der Waals surface area contributed by atoms with Gasteiger partial charge >= 0.3 is 0 Å². The Balaban J connectivity index is 1.93. The highest BCUT2D eigenvalue weighted by Gasteiger charge is 2.15. The van der Waals surface area contributed by atoms with Crippen molar-refractivity contribution in [3.63, 3.8) is 0 Å². The molecule has 0 radical (unpaired) electrons. The molecule has 0 aliphatic carbocycles. The summed E-state index contributed by atoms with van der Waals surface area (Å²) in [5.74, 6) is 0.792. The van der Waals surface area contributed by atoms with Crippen LogP contribution in [0, 0.1) is 0 Å². The number of thiocarbonyl (C=S) groups is 1. The lowest BCUT2D eigenvalue weighted by Crippen LogP contribution is -2.16. The van der Waals surface area contributed by atoms with Crippen molar-refractivity contribution in [2.24, 2.45) is 5.73 Å². The van der Waals surface area contributed by atoms with Gasteiger partial charge in [-0.05, 0) is 25.0 Å². The maximum Gasteiger partial charge on any atom is 0.120 e. The SMILES string of the molecule is NC(=S)c1cccc(OCC2CCCO2)c1. The minimum absolute atomic E-state index is 0.230. The first kappa shape index (κ1) is 11.4. The van der Waals surface area contributed by atoms with E-state index in [4.69, 9.17) is 27.4 Å². The van der Waals surface area contributed by atoms with Crippen molar-refractivity contribution in [1.29, 1.82) is 0 Å². The van der Waals surface area contributed by atoms with Gasteiger partial charge in [-0.2, -0.15) is 0 Å². The van der Waals surface area contributed by atoms with Crippen molar-refractivity contribution in [3.05, 3.63) is 29.8 Å². The molecule has 1 fully saturated rings. The van der Waals surface area contributed by atoms with Crippen molar-refractivity contribution in [2.75, 3.05) is 13.2 Å². The lowest BCUT2D eigenvalue weighted by Gasteiger charge is -2.11. The van der Waals surface area contributed by atoms with Gasteiger partial charge in [-0.15, -0.1) is 0 Å². The third-order valence-electron chi connectivity index (χ3n) is 2.58. The molecule has 86 valence electrons. The number of rotatable bonds is 4. The van der Waals surface area contributed by atoms with Gasteiger partial charge in [-0.3, -0.25) is 0 Å². The molecule has 0 saturated carbocycles. The Bertz CT molecular complexity index is 375. The predicted molar refractivity (Wildman–Crippen MR) is 66.8 cm³/mol. The molecule has 0 aromatic heterocycles. The van der Waals surface area contributed by atoms with E-state index in [2.05, 4.69) is 0 Å². The fourth-order valence-electron chi connectivity index (χ4n) is 1.70. The lowest BCUT2D eigenvalue weighted by molar-refractivity contribution is 0.0679. The van der Waals surface area contributed by atoms with Crippen LogP contribution in [0.15, 0.2) is 24.3 Å². The highest BCUT2D eigenvalue weighted by molar-refractivity contribution is 7.80. The second-order valence-corrected chi connectivity index (χ2v) is 4.28. The van der Waals surface area contributed by atoms with Crippen LogP contribution >= 0.6 is 12.2 Å². The van der Waals surface area contributed by atoms with E-state index in [1.54, 1.807) is 0 Å². The van der Waals surface area contributed by atoms with Crippen molar-refractivity contribution >= 4 is 17.2 Å². The van der Waals surface area contributed by atoms with Crippen LogP contribution in [-0.4, -0.2) is 24.3 Å². The van der Waals surface area contributed by atoms with Crippen LogP contribution in [0.25, 0.3) is 0 Å².